The van der Waals surface area contributed by atoms with Crippen LogP contribution in [-0.2, 0) is 29.2 Å². The second-order valence-electron chi connectivity index (χ2n) is 5.36. The highest BCUT2D eigenvalue weighted by Gasteiger charge is 2.33. The molecule has 1 aliphatic rings. The van der Waals surface area contributed by atoms with Crippen molar-refractivity contribution in [3.63, 3.8) is 0 Å². The lowest BCUT2D eigenvalue weighted by molar-refractivity contribution is 0.0525. The van der Waals surface area contributed by atoms with Gasteiger partial charge in [-0.05, 0) is 12.5 Å². The number of hydrogen-bond acceptors (Lipinski definition) is 6. The second-order valence-corrected chi connectivity index (χ2v) is 6.50. The molecular weight excluding hydrogens is 328 g/mol. The number of ether oxygens (including phenoxy) is 2. The Labute approximate surface area is 143 Å². The second kappa shape index (κ2) is 6.92. The van der Waals surface area contributed by atoms with Crippen LogP contribution in [0, 0.1) is 0 Å². The number of amides is 1. The summed E-state index contributed by atoms with van der Waals surface area (Å²) in [6.07, 6.45) is -0.407. The van der Waals surface area contributed by atoms with Crippen molar-refractivity contribution in [1.82, 2.24) is 4.90 Å². The average Bonchev–Trinajstić information content (AvgIpc) is 3.10. The zero-order chi connectivity index (χ0) is 17.1. The molecule has 2 N–H and O–H groups in total. The van der Waals surface area contributed by atoms with E-state index < -0.39 is 12.1 Å². The van der Waals surface area contributed by atoms with Gasteiger partial charge in [-0.15, -0.1) is 11.3 Å². The molecule has 1 amide bonds. The molecule has 0 atom stereocenters. The Balaban J connectivity index is 1.66. The van der Waals surface area contributed by atoms with E-state index in [1.165, 1.54) is 11.3 Å². The number of rotatable bonds is 4. The summed E-state index contributed by atoms with van der Waals surface area (Å²) in [4.78, 5) is 26.8. The van der Waals surface area contributed by atoms with Gasteiger partial charge in [-0.25, -0.2) is 9.59 Å². The molecule has 0 saturated carbocycles. The summed E-state index contributed by atoms with van der Waals surface area (Å²) in [5.74, 6) is -0.438. The zero-order valence-corrected chi connectivity index (χ0v) is 14.1. The van der Waals surface area contributed by atoms with E-state index in [0.717, 1.165) is 16.0 Å². The standard InChI is InChI=1S/C17H18N2O4S/c1-2-22-16(20)14-12-8-19(9-13(12)24-15(14)18)17(21)23-10-11-6-4-3-5-7-11/h3-7H,2,8-10,18H2,1H3. The van der Waals surface area contributed by atoms with E-state index in [9.17, 15) is 9.59 Å². The number of nitrogen functional groups attached to an aromatic ring is 1. The Morgan fingerprint density at radius 3 is 2.67 bits per heavy atom. The van der Waals surface area contributed by atoms with Crippen molar-refractivity contribution in [3.05, 3.63) is 51.9 Å². The fraction of sp³-hybridized carbons (Fsp3) is 0.294. The molecular formula is C17H18N2O4S. The van der Waals surface area contributed by atoms with E-state index in [0.29, 0.717) is 23.7 Å². The van der Waals surface area contributed by atoms with Crippen molar-refractivity contribution in [3.8, 4) is 0 Å². The molecule has 0 radical (unpaired) electrons. The lowest BCUT2D eigenvalue weighted by Crippen LogP contribution is -2.26. The minimum absolute atomic E-state index is 0.219. The van der Waals surface area contributed by atoms with Crippen LogP contribution in [0.15, 0.2) is 30.3 Å². The van der Waals surface area contributed by atoms with E-state index in [1.807, 2.05) is 30.3 Å². The first-order valence-corrected chi connectivity index (χ1v) is 8.44. The third-order valence-corrected chi connectivity index (χ3v) is 4.79. The lowest BCUT2D eigenvalue weighted by Gasteiger charge is -2.16. The Morgan fingerprint density at radius 2 is 1.96 bits per heavy atom. The summed E-state index contributed by atoms with van der Waals surface area (Å²) in [5, 5.41) is 0.441. The van der Waals surface area contributed by atoms with Crippen molar-refractivity contribution < 1.29 is 19.1 Å². The van der Waals surface area contributed by atoms with Crippen LogP contribution in [-0.4, -0.2) is 23.6 Å². The SMILES string of the molecule is CCOC(=O)c1c(N)sc2c1CN(C(=O)OCc1ccccc1)C2. The van der Waals surface area contributed by atoms with Crippen LogP contribution in [0.3, 0.4) is 0 Å². The number of benzene rings is 1. The fourth-order valence-corrected chi connectivity index (χ4v) is 3.70. The maximum absolute atomic E-state index is 12.2. The molecule has 6 nitrogen and oxygen atoms in total. The van der Waals surface area contributed by atoms with Crippen LogP contribution in [0.25, 0.3) is 0 Å². The molecule has 24 heavy (non-hydrogen) atoms. The van der Waals surface area contributed by atoms with Gasteiger partial charge in [0, 0.05) is 10.4 Å². The van der Waals surface area contributed by atoms with Crippen molar-refractivity contribution in [2.75, 3.05) is 12.3 Å². The molecule has 0 unspecified atom stereocenters. The van der Waals surface area contributed by atoms with E-state index in [-0.39, 0.29) is 13.2 Å². The van der Waals surface area contributed by atoms with Crippen LogP contribution in [0.4, 0.5) is 9.80 Å². The monoisotopic (exact) mass is 346 g/mol. The normalized spacial score (nSPS) is 12.8. The predicted octanol–water partition coefficient (Wildman–Crippen LogP) is 3.16. The van der Waals surface area contributed by atoms with Crippen molar-refractivity contribution in [2.45, 2.75) is 26.6 Å². The number of hydrogen-bond donors (Lipinski definition) is 1. The molecule has 2 aromatic rings. The number of fused-ring (bicyclic) bond motifs is 1. The van der Waals surface area contributed by atoms with E-state index in [1.54, 1.807) is 11.8 Å². The predicted molar refractivity (Wildman–Crippen MR) is 90.6 cm³/mol. The summed E-state index contributed by atoms with van der Waals surface area (Å²) < 4.78 is 10.4. The van der Waals surface area contributed by atoms with Gasteiger partial charge in [-0.1, -0.05) is 30.3 Å². The summed E-state index contributed by atoms with van der Waals surface area (Å²) in [6.45, 7) is 2.96. The van der Waals surface area contributed by atoms with Crippen molar-refractivity contribution in [2.24, 2.45) is 0 Å². The number of carbonyl (C=O) groups excluding carboxylic acids is 2. The van der Waals surface area contributed by atoms with Gasteiger partial charge in [0.15, 0.2) is 0 Å². The van der Waals surface area contributed by atoms with Gasteiger partial charge >= 0.3 is 12.1 Å². The van der Waals surface area contributed by atoms with Gasteiger partial charge in [0.1, 0.15) is 11.6 Å². The quantitative estimate of drug-likeness (QED) is 0.860. The number of carbonyl (C=O) groups is 2. The summed E-state index contributed by atoms with van der Waals surface area (Å²) in [5.41, 5.74) is 8.00. The van der Waals surface area contributed by atoms with Gasteiger partial charge in [0.2, 0.25) is 0 Å². The molecule has 0 fully saturated rings. The zero-order valence-electron chi connectivity index (χ0n) is 13.3. The molecule has 0 spiro atoms. The van der Waals surface area contributed by atoms with Gasteiger partial charge < -0.3 is 15.2 Å². The minimum Gasteiger partial charge on any atom is -0.462 e. The Hall–Kier alpha value is -2.54. The van der Waals surface area contributed by atoms with Crippen molar-refractivity contribution >= 4 is 28.4 Å². The summed E-state index contributed by atoms with van der Waals surface area (Å²) in [6, 6.07) is 9.49. The average molecular weight is 346 g/mol. The molecule has 7 heteroatoms. The number of nitrogens with two attached hydrogens (primary N) is 1. The van der Waals surface area contributed by atoms with Gasteiger partial charge in [-0.3, -0.25) is 4.90 Å². The van der Waals surface area contributed by atoms with Gasteiger partial charge in [0.05, 0.1) is 25.3 Å². The fourth-order valence-electron chi connectivity index (χ4n) is 2.62. The first kappa shape index (κ1) is 16.3. The lowest BCUT2D eigenvalue weighted by atomic mass is 10.1. The smallest absolute Gasteiger partial charge is 0.410 e. The molecule has 0 bridgehead atoms. The summed E-state index contributed by atoms with van der Waals surface area (Å²) in [7, 11) is 0. The van der Waals surface area contributed by atoms with Crippen LogP contribution in [0.1, 0.15) is 33.3 Å². The van der Waals surface area contributed by atoms with Crippen LogP contribution in [0.5, 0.6) is 0 Å². The van der Waals surface area contributed by atoms with Crippen LogP contribution >= 0.6 is 11.3 Å². The van der Waals surface area contributed by atoms with E-state index in [4.69, 9.17) is 15.2 Å². The Morgan fingerprint density at radius 1 is 1.21 bits per heavy atom. The number of nitrogens with zero attached hydrogens (tertiary/aromatic N) is 1. The maximum Gasteiger partial charge on any atom is 0.410 e. The molecule has 1 aromatic carbocycles. The molecule has 1 aromatic heterocycles. The highest BCUT2D eigenvalue weighted by atomic mass is 32.1. The van der Waals surface area contributed by atoms with Crippen LogP contribution in [0.2, 0.25) is 0 Å². The number of anilines is 1. The Bertz CT molecular complexity index is 757. The molecule has 2 heterocycles. The van der Waals surface area contributed by atoms with Crippen molar-refractivity contribution in [1.29, 1.82) is 0 Å². The van der Waals surface area contributed by atoms with Gasteiger partial charge in [0.25, 0.3) is 0 Å². The highest BCUT2D eigenvalue weighted by Crippen LogP contribution is 2.38. The topological polar surface area (TPSA) is 81.9 Å². The first-order chi connectivity index (χ1) is 11.6. The molecule has 3 rings (SSSR count). The summed E-state index contributed by atoms with van der Waals surface area (Å²) >= 11 is 1.32. The third-order valence-electron chi connectivity index (χ3n) is 3.74. The molecule has 1 aliphatic heterocycles. The molecule has 126 valence electrons. The van der Waals surface area contributed by atoms with Crippen LogP contribution < -0.4 is 5.73 Å². The molecule has 0 aliphatic carbocycles. The van der Waals surface area contributed by atoms with E-state index >= 15 is 0 Å². The molecule has 0 saturated heterocycles. The maximum atomic E-state index is 12.2. The van der Waals surface area contributed by atoms with E-state index in [2.05, 4.69) is 0 Å². The first-order valence-electron chi connectivity index (χ1n) is 7.63. The Kier molecular flexibility index (Phi) is 4.71. The number of esters is 1. The minimum atomic E-state index is -0.438. The van der Waals surface area contributed by atoms with Gasteiger partial charge in [-0.2, -0.15) is 0 Å². The third kappa shape index (κ3) is 3.21. The highest BCUT2D eigenvalue weighted by molar-refractivity contribution is 7.16. The largest absolute Gasteiger partial charge is 0.462 e. The number of thiophene rings is 1.